The van der Waals surface area contributed by atoms with Crippen LogP contribution in [0.5, 0.6) is 5.75 Å². The lowest BCUT2D eigenvalue weighted by molar-refractivity contribution is -0.129. The quantitative estimate of drug-likeness (QED) is 0.425. The molecule has 4 nitrogen and oxygen atoms in total. The van der Waals surface area contributed by atoms with Gasteiger partial charge in [0, 0.05) is 5.02 Å². The SMILES string of the molecule is C=CCOc1cccc(/C=C2/N=C(c3ccc(Cl)cc3Cl)OC2=O)c1. The van der Waals surface area contributed by atoms with Crippen molar-refractivity contribution in [3.63, 3.8) is 0 Å². The van der Waals surface area contributed by atoms with E-state index in [1.807, 2.05) is 18.2 Å². The van der Waals surface area contributed by atoms with E-state index in [2.05, 4.69) is 11.6 Å². The van der Waals surface area contributed by atoms with Crippen molar-refractivity contribution < 1.29 is 14.3 Å². The summed E-state index contributed by atoms with van der Waals surface area (Å²) < 4.78 is 10.7. The molecule has 0 atom stereocenters. The highest BCUT2D eigenvalue weighted by atomic mass is 35.5. The van der Waals surface area contributed by atoms with Crippen LogP contribution in [-0.4, -0.2) is 18.5 Å². The number of carbonyl (C=O) groups excluding carboxylic acids is 1. The van der Waals surface area contributed by atoms with Gasteiger partial charge in [-0.2, -0.15) is 0 Å². The first kappa shape index (κ1) is 17.3. The molecule has 0 saturated carbocycles. The van der Waals surface area contributed by atoms with Gasteiger partial charge in [0.25, 0.3) is 0 Å². The largest absolute Gasteiger partial charge is 0.490 e. The molecule has 2 aromatic rings. The van der Waals surface area contributed by atoms with Crippen molar-refractivity contribution >= 4 is 41.1 Å². The molecule has 0 bridgehead atoms. The molecular weight excluding hydrogens is 361 g/mol. The molecule has 0 spiro atoms. The van der Waals surface area contributed by atoms with Crippen molar-refractivity contribution in [2.24, 2.45) is 4.99 Å². The Hall–Kier alpha value is -2.56. The van der Waals surface area contributed by atoms with E-state index in [9.17, 15) is 4.79 Å². The van der Waals surface area contributed by atoms with Gasteiger partial charge in [-0.15, -0.1) is 0 Å². The molecule has 0 fully saturated rings. The maximum atomic E-state index is 12.1. The van der Waals surface area contributed by atoms with Crippen LogP contribution in [0.1, 0.15) is 11.1 Å². The van der Waals surface area contributed by atoms with Crippen molar-refractivity contribution in [3.8, 4) is 5.75 Å². The monoisotopic (exact) mass is 373 g/mol. The molecular formula is C19H13Cl2NO3. The molecule has 6 heteroatoms. The summed E-state index contributed by atoms with van der Waals surface area (Å²) in [7, 11) is 0. The standard InChI is InChI=1S/C19H13Cl2NO3/c1-2-8-24-14-5-3-4-12(9-14)10-17-19(23)25-18(22-17)15-7-6-13(20)11-16(15)21/h2-7,9-11H,1,8H2/b17-10+. The van der Waals surface area contributed by atoms with Gasteiger partial charge < -0.3 is 9.47 Å². The lowest BCUT2D eigenvalue weighted by Gasteiger charge is -2.03. The first-order chi connectivity index (χ1) is 12.1. The number of cyclic esters (lactones) is 1. The van der Waals surface area contributed by atoms with Crippen molar-refractivity contribution in [2.45, 2.75) is 0 Å². The summed E-state index contributed by atoms with van der Waals surface area (Å²) in [5, 5.41) is 0.853. The number of esters is 1. The predicted molar refractivity (Wildman–Crippen MR) is 99.2 cm³/mol. The Morgan fingerprint density at radius 3 is 2.80 bits per heavy atom. The summed E-state index contributed by atoms with van der Waals surface area (Å²) in [6, 6.07) is 12.2. The lowest BCUT2D eigenvalue weighted by Crippen LogP contribution is -2.05. The van der Waals surface area contributed by atoms with E-state index >= 15 is 0 Å². The van der Waals surface area contributed by atoms with E-state index in [1.165, 1.54) is 0 Å². The highest BCUT2D eigenvalue weighted by Gasteiger charge is 2.25. The fourth-order valence-electron chi connectivity index (χ4n) is 2.19. The summed E-state index contributed by atoms with van der Waals surface area (Å²) in [4.78, 5) is 16.3. The van der Waals surface area contributed by atoms with Crippen LogP contribution in [0, 0.1) is 0 Å². The van der Waals surface area contributed by atoms with Gasteiger partial charge in [-0.25, -0.2) is 9.79 Å². The number of nitrogens with zero attached hydrogens (tertiary/aromatic N) is 1. The van der Waals surface area contributed by atoms with Gasteiger partial charge in [-0.05, 0) is 42.0 Å². The zero-order valence-corrected chi connectivity index (χ0v) is 14.6. The number of aliphatic imine (C=N–C) groups is 1. The van der Waals surface area contributed by atoms with Gasteiger partial charge in [-0.3, -0.25) is 0 Å². The van der Waals surface area contributed by atoms with Gasteiger partial charge in [0.15, 0.2) is 5.70 Å². The summed E-state index contributed by atoms with van der Waals surface area (Å²) >= 11 is 12.0. The van der Waals surface area contributed by atoms with Crippen molar-refractivity contribution in [1.82, 2.24) is 0 Å². The topological polar surface area (TPSA) is 47.9 Å². The number of benzene rings is 2. The van der Waals surface area contributed by atoms with Crippen LogP contribution in [-0.2, 0) is 9.53 Å². The summed E-state index contributed by atoms with van der Waals surface area (Å²) in [5.74, 6) is 0.279. The lowest BCUT2D eigenvalue weighted by atomic mass is 10.2. The van der Waals surface area contributed by atoms with E-state index < -0.39 is 5.97 Å². The molecule has 1 aliphatic rings. The molecule has 0 amide bonds. The second-order valence-electron chi connectivity index (χ2n) is 5.13. The van der Waals surface area contributed by atoms with Crippen LogP contribution in [0.2, 0.25) is 10.0 Å². The molecule has 0 saturated heterocycles. The van der Waals surface area contributed by atoms with Crippen molar-refractivity contribution in [2.75, 3.05) is 6.61 Å². The third kappa shape index (κ3) is 4.10. The van der Waals surface area contributed by atoms with Crippen molar-refractivity contribution in [1.29, 1.82) is 0 Å². The first-order valence-electron chi connectivity index (χ1n) is 7.38. The van der Waals surface area contributed by atoms with Crippen LogP contribution in [0.25, 0.3) is 6.08 Å². The van der Waals surface area contributed by atoms with Gasteiger partial charge in [0.2, 0.25) is 5.90 Å². The Kier molecular flexibility index (Phi) is 5.22. The fourth-order valence-corrected chi connectivity index (χ4v) is 2.68. The second kappa shape index (κ2) is 7.55. The zero-order chi connectivity index (χ0) is 17.8. The summed E-state index contributed by atoms with van der Waals surface area (Å²) in [6.45, 7) is 4.01. The Bertz CT molecular complexity index is 903. The first-order valence-corrected chi connectivity index (χ1v) is 8.14. The minimum Gasteiger partial charge on any atom is -0.490 e. The Morgan fingerprint density at radius 1 is 1.20 bits per heavy atom. The average molecular weight is 374 g/mol. The van der Waals surface area contributed by atoms with Crippen LogP contribution in [0.3, 0.4) is 0 Å². The zero-order valence-electron chi connectivity index (χ0n) is 13.0. The molecule has 2 aromatic carbocycles. The summed E-state index contributed by atoms with van der Waals surface area (Å²) in [6.07, 6.45) is 3.28. The van der Waals surface area contributed by atoms with Gasteiger partial charge in [0.05, 0.1) is 10.6 Å². The van der Waals surface area contributed by atoms with Gasteiger partial charge in [0.1, 0.15) is 12.4 Å². The number of hydrogen-bond donors (Lipinski definition) is 0. The number of ether oxygens (including phenoxy) is 2. The van der Waals surface area contributed by atoms with Crippen molar-refractivity contribution in [3.05, 3.63) is 82.0 Å². The van der Waals surface area contributed by atoms with E-state index in [-0.39, 0.29) is 11.6 Å². The van der Waals surface area contributed by atoms with Crippen LogP contribution >= 0.6 is 23.2 Å². The number of carbonyl (C=O) groups is 1. The van der Waals surface area contributed by atoms with E-state index in [4.69, 9.17) is 32.7 Å². The number of halogens is 2. The maximum absolute atomic E-state index is 12.1. The Labute approximate surface area is 155 Å². The Morgan fingerprint density at radius 2 is 2.04 bits per heavy atom. The minimum absolute atomic E-state index is 0.150. The van der Waals surface area contributed by atoms with Gasteiger partial charge >= 0.3 is 5.97 Å². The minimum atomic E-state index is -0.543. The normalized spacial score (nSPS) is 15.0. The molecule has 25 heavy (non-hydrogen) atoms. The van der Waals surface area contributed by atoms with Crippen LogP contribution in [0.4, 0.5) is 0 Å². The molecule has 1 heterocycles. The fraction of sp³-hybridized carbons (Fsp3) is 0.0526. The highest BCUT2D eigenvalue weighted by Crippen LogP contribution is 2.26. The average Bonchev–Trinajstić information content (AvgIpc) is 2.93. The van der Waals surface area contributed by atoms with E-state index in [1.54, 1.807) is 36.4 Å². The number of rotatable bonds is 5. The number of hydrogen-bond acceptors (Lipinski definition) is 4. The van der Waals surface area contributed by atoms with Crippen LogP contribution in [0.15, 0.2) is 65.8 Å². The molecule has 0 radical (unpaired) electrons. The second-order valence-corrected chi connectivity index (χ2v) is 5.98. The van der Waals surface area contributed by atoms with E-state index in [0.717, 1.165) is 5.56 Å². The molecule has 126 valence electrons. The third-order valence-corrected chi connectivity index (χ3v) is 3.86. The summed E-state index contributed by atoms with van der Waals surface area (Å²) in [5.41, 5.74) is 1.45. The Balaban J connectivity index is 1.89. The smallest absolute Gasteiger partial charge is 0.363 e. The highest BCUT2D eigenvalue weighted by molar-refractivity contribution is 6.37. The molecule has 0 unspecified atom stereocenters. The predicted octanol–water partition coefficient (Wildman–Crippen LogP) is 4.90. The molecule has 1 aliphatic heterocycles. The maximum Gasteiger partial charge on any atom is 0.363 e. The molecule has 0 N–H and O–H groups in total. The molecule has 0 aromatic heterocycles. The van der Waals surface area contributed by atoms with Gasteiger partial charge in [-0.1, -0.05) is 48.0 Å². The van der Waals surface area contributed by atoms with E-state index in [0.29, 0.717) is 28.0 Å². The molecule has 3 rings (SSSR count). The third-order valence-electron chi connectivity index (χ3n) is 3.31. The van der Waals surface area contributed by atoms with Crippen LogP contribution < -0.4 is 4.74 Å². The molecule has 0 aliphatic carbocycles.